The normalized spacial score (nSPS) is 7.20. The van der Waals surface area contributed by atoms with E-state index in [-0.39, 0.29) is 49.2 Å². The molecule has 0 aliphatic rings. The van der Waals surface area contributed by atoms with E-state index in [1.54, 1.807) is 6.07 Å². The zero-order chi connectivity index (χ0) is 5.98. The number of hydrogen-bond donors (Lipinski definition) is 2. The van der Waals surface area contributed by atoms with Crippen LogP contribution in [0.2, 0.25) is 0 Å². The van der Waals surface area contributed by atoms with Gasteiger partial charge in [-0.3, -0.25) is 0 Å². The van der Waals surface area contributed by atoms with Gasteiger partial charge in [0.25, 0.3) is 0 Å². The SMILES string of the molecule is Oc1cccc(O)c1.[LiH].[LiH]. The molecule has 46 valence electrons. The number of aromatic hydroxyl groups is 2. The molecule has 0 spiro atoms. The summed E-state index contributed by atoms with van der Waals surface area (Å²) in [6.45, 7) is 0. The first-order valence-electron chi connectivity index (χ1n) is 2.27. The minimum absolute atomic E-state index is 0. The molecule has 1 aromatic rings. The molecule has 0 aromatic heterocycles. The van der Waals surface area contributed by atoms with E-state index in [1.165, 1.54) is 18.2 Å². The Labute approximate surface area is 83.6 Å². The first-order chi connectivity index (χ1) is 3.79. The fourth-order valence-corrected chi connectivity index (χ4v) is 0.493. The van der Waals surface area contributed by atoms with Crippen LogP contribution in [-0.4, -0.2) is 47.9 Å². The van der Waals surface area contributed by atoms with E-state index in [0.717, 1.165) is 0 Å². The summed E-state index contributed by atoms with van der Waals surface area (Å²) >= 11 is 0. The van der Waals surface area contributed by atoms with E-state index in [2.05, 4.69) is 0 Å². The fraction of sp³-hybridized carbons (Fsp3) is 0. The maximum atomic E-state index is 8.65. The van der Waals surface area contributed by atoms with Gasteiger partial charge in [-0.25, -0.2) is 0 Å². The van der Waals surface area contributed by atoms with E-state index < -0.39 is 0 Å². The minimum atomic E-state index is 0. The quantitative estimate of drug-likeness (QED) is 0.472. The van der Waals surface area contributed by atoms with E-state index in [1.807, 2.05) is 0 Å². The summed E-state index contributed by atoms with van der Waals surface area (Å²) < 4.78 is 0. The van der Waals surface area contributed by atoms with Gasteiger partial charge >= 0.3 is 37.7 Å². The summed E-state index contributed by atoms with van der Waals surface area (Å²) in [6, 6.07) is 5.85. The summed E-state index contributed by atoms with van der Waals surface area (Å²) in [5.41, 5.74) is 0. The fourth-order valence-electron chi connectivity index (χ4n) is 0.493. The molecule has 0 aliphatic carbocycles. The van der Waals surface area contributed by atoms with Crippen LogP contribution < -0.4 is 0 Å². The molecular formula is C6H8Li2O2. The molecule has 0 saturated carbocycles. The van der Waals surface area contributed by atoms with Crippen LogP contribution in [0, 0.1) is 0 Å². The van der Waals surface area contributed by atoms with Gasteiger partial charge in [0.15, 0.2) is 0 Å². The van der Waals surface area contributed by atoms with E-state index >= 15 is 0 Å². The van der Waals surface area contributed by atoms with Gasteiger partial charge in [-0.15, -0.1) is 0 Å². The van der Waals surface area contributed by atoms with Crippen LogP contribution in [0.4, 0.5) is 0 Å². The second kappa shape index (κ2) is 5.77. The Hall–Kier alpha value is 0.0148. The molecule has 4 heteroatoms. The molecule has 0 bridgehead atoms. The van der Waals surface area contributed by atoms with Gasteiger partial charge in [0.2, 0.25) is 0 Å². The van der Waals surface area contributed by atoms with Crippen LogP contribution in [0.15, 0.2) is 24.3 Å². The average Bonchev–Trinajstić information content (AvgIpc) is 1.64. The third-order valence-electron chi connectivity index (χ3n) is 0.830. The van der Waals surface area contributed by atoms with Gasteiger partial charge in [0, 0.05) is 6.07 Å². The molecule has 0 amide bonds. The average molecular weight is 126 g/mol. The molecule has 0 atom stereocenters. The van der Waals surface area contributed by atoms with Crippen molar-refractivity contribution in [1.29, 1.82) is 0 Å². The molecule has 0 heterocycles. The maximum absolute atomic E-state index is 8.65. The van der Waals surface area contributed by atoms with E-state index in [4.69, 9.17) is 10.2 Å². The van der Waals surface area contributed by atoms with Gasteiger partial charge in [0.05, 0.1) is 0 Å². The van der Waals surface area contributed by atoms with Gasteiger partial charge in [0.1, 0.15) is 11.5 Å². The predicted molar refractivity (Wildman–Crippen MR) is 44.1 cm³/mol. The molecule has 1 aromatic carbocycles. The van der Waals surface area contributed by atoms with Crippen LogP contribution in [0.25, 0.3) is 0 Å². The molecule has 10 heavy (non-hydrogen) atoms. The summed E-state index contributed by atoms with van der Waals surface area (Å²) in [5.74, 6) is 0.176. The Balaban J connectivity index is 0. The standard InChI is InChI=1S/C6H6O2.2Li.2H/c7-5-2-1-3-6(8)4-5;;;;/h1-4,7-8H;;;;. The monoisotopic (exact) mass is 126 g/mol. The third kappa shape index (κ3) is 3.93. The molecule has 0 radical (unpaired) electrons. The Morgan fingerprint density at radius 3 is 1.50 bits per heavy atom. The van der Waals surface area contributed by atoms with Crippen molar-refractivity contribution in [3.8, 4) is 11.5 Å². The van der Waals surface area contributed by atoms with Gasteiger partial charge < -0.3 is 10.2 Å². The van der Waals surface area contributed by atoms with Crippen molar-refractivity contribution in [3.63, 3.8) is 0 Å². The Morgan fingerprint density at radius 1 is 0.900 bits per heavy atom. The van der Waals surface area contributed by atoms with Gasteiger partial charge in [-0.05, 0) is 12.1 Å². The number of phenolic OH excluding ortho intramolecular Hbond substituents is 2. The van der Waals surface area contributed by atoms with Crippen molar-refractivity contribution in [2.75, 3.05) is 0 Å². The van der Waals surface area contributed by atoms with Crippen molar-refractivity contribution < 1.29 is 10.2 Å². The second-order valence-corrected chi connectivity index (χ2v) is 1.52. The molecule has 2 nitrogen and oxygen atoms in total. The zero-order valence-corrected chi connectivity index (χ0v) is 4.20. The third-order valence-corrected chi connectivity index (χ3v) is 0.830. The Kier molecular flexibility index (Phi) is 7.32. The topological polar surface area (TPSA) is 40.5 Å². The number of phenols is 2. The van der Waals surface area contributed by atoms with Crippen LogP contribution in [-0.2, 0) is 0 Å². The van der Waals surface area contributed by atoms with Crippen molar-refractivity contribution in [2.45, 2.75) is 0 Å². The molecule has 1 rings (SSSR count). The van der Waals surface area contributed by atoms with Gasteiger partial charge in [-0.1, -0.05) is 6.07 Å². The first-order valence-corrected chi connectivity index (χ1v) is 2.27. The molecule has 0 unspecified atom stereocenters. The number of rotatable bonds is 0. The summed E-state index contributed by atoms with van der Waals surface area (Å²) in [4.78, 5) is 0. The van der Waals surface area contributed by atoms with E-state index in [9.17, 15) is 0 Å². The van der Waals surface area contributed by atoms with Crippen molar-refractivity contribution in [3.05, 3.63) is 24.3 Å². The van der Waals surface area contributed by atoms with Crippen LogP contribution in [0.5, 0.6) is 11.5 Å². The summed E-state index contributed by atoms with van der Waals surface area (Å²) in [5, 5.41) is 17.3. The second-order valence-electron chi connectivity index (χ2n) is 1.52. The molecule has 0 saturated heterocycles. The number of benzene rings is 1. The Bertz CT molecular complexity index is 174. The van der Waals surface area contributed by atoms with Gasteiger partial charge in [-0.2, -0.15) is 0 Å². The van der Waals surface area contributed by atoms with Crippen molar-refractivity contribution >= 4 is 37.7 Å². The first kappa shape index (κ1) is 12.7. The summed E-state index contributed by atoms with van der Waals surface area (Å²) in [6.07, 6.45) is 0. The number of hydrogen-bond acceptors (Lipinski definition) is 2. The predicted octanol–water partition coefficient (Wildman–Crippen LogP) is -0.199. The van der Waals surface area contributed by atoms with Crippen LogP contribution >= 0.6 is 0 Å². The van der Waals surface area contributed by atoms with Crippen molar-refractivity contribution in [2.24, 2.45) is 0 Å². The molecule has 2 N–H and O–H groups in total. The van der Waals surface area contributed by atoms with Crippen LogP contribution in [0.3, 0.4) is 0 Å². The molecule has 0 aliphatic heterocycles. The molecular weight excluding hydrogens is 118 g/mol. The summed E-state index contributed by atoms with van der Waals surface area (Å²) in [7, 11) is 0. The zero-order valence-electron chi connectivity index (χ0n) is 4.20. The van der Waals surface area contributed by atoms with Crippen molar-refractivity contribution in [1.82, 2.24) is 0 Å². The Morgan fingerprint density at radius 2 is 1.30 bits per heavy atom. The van der Waals surface area contributed by atoms with E-state index in [0.29, 0.717) is 0 Å². The molecule has 0 fully saturated rings. The van der Waals surface area contributed by atoms with Crippen LogP contribution in [0.1, 0.15) is 0 Å².